The highest BCUT2D eigenvalue weighted by atomic mass is 35.5. The zero-order valence-electron chi connectivity index (χ0n) is 21.4. The first-order valence-corrected chi connectivity index (χ1v) is 15.0. The summed E-state index contributed by atoms with van der Waals surface area (Å²) in [6.45, 7) is 2.41. The van der Waals surface area contributed by atoms with E-state index in [0.717, 1.165) is 43.2 Å². The fourth-order valence-electron chi connectivity index (χ4n) is 5.15. The molecular weight excluding hydrogens is 550 g/mol. The number of sulfone groups is 1. The van der Waals surface area contributed by atoms with Gasteiger partial charge in [-0.05, 0) is 56.7 Å². The first kappa shape index (κ1) is 26.1. The van der Waals surface area contributed by atoms with E-state index in [9.17, 15) is 17.2 Å². The van der Waals surface area contributed by atoms with Crippen LogP contribution < -0.4 is 5.32 Å². The molecule has 1 N–H and O–H groups in total. The van der Waals surface area contributed by atoms with E-state index < -0.39 is 28.3 Å². The topological polar surface area (TPSA) is 104 Å². The Balaban J connectivity index is 1.45. The lowest BCUT2D eigenvalue weighted by atomic mass is 10.1. The summed E-state index contributed by atoms with van der Waals surface area (Å²) in [5.74, 6) is -0.475. The third-order valence-corrected chi connectivity index (χ3v) is 8.51. The Bertz CT molecular complexity index is 1680. The molecule has 206 valence electrons. The van der Waals surface area contributed by atoms with Crippen molar-refractivity contribution in [1.29, 1.82) is 0 Å². The highest BCUT2D eigenvalue weighted by Gasteiger charge is 2.30. The number of nitrogens with one attached hydrogen (secondary N) is 1. The molecule has 1 atom stereocenters. The van der Waals surface area contributed by atoms with Gasteiger partial charge in [0.25, 0.3) is 6.43 Å². The summed E-state index contributed by atoms with van der Waals surface area (Å²) in [5.41, 5.74) is 3.34. The molecule has 1 saturated carbocycles. The molecule has 1 saturated heterocycles. The average Bonchev–Trinajstić information content (AvgIpc) is 3.55. The number of aromatic nitrogens is 5. The maximum atomic E-state index is 14.1. The highest BCUT2D eigenvalue weighted by Crippen LogP contribution is 2.40. The van der Waals surface area contributed by atoms with Gasteiger partial charge in [0.15, 0.2) is 21.3 Å². The van der Waals surface area contributed by atoms with Crippen LogP contribution in [0.1, 0.15) is 62.3 Å². The number of rotatable bonds is 7. The summed E-state index contributed by atoms with van der Waals surface area (Å²) in [4.78, 5) is 8.55. The molecule has 2 fully saturated rings. The SMILES string of the molecule is Cc1c(-c2ccc(Nc3cc(Cl)nc4c3nc(C(F)F)n4C3CCCCO3)c(S(C)(=O)=O)c2)cnn1C1CC1. The Morgan fingerprint density at radius 2 is 1.92 bits per heavy atom. The third-order valence-electron chi connectivity index (χ3n) is 7.18. The van der Waals surface area contributed by atoms with Crippen LogP contribution in [-0.2, 0) is 14.6 Å². The van der Waals surface area contributed by atoms with Crippen molar-refractivity contribution in [2.24, 2.45) is 0 Å². The predicted molar refractivity (Wildman–Crippen MR) is 143 cm³/mol. The lowest BCUT2D eigenvalue weighted by molar-refractivity contribution is -0.0363. The van der Waals surface area contributed by atoms with Crippen LogP contribution in [0, 0.1) is 6.92 Å². The minimum absolute atomic E-state index is 0.0448. The van der Waals surface area contributed by atoms with Crippen LogP contribution in [0.5, 0.6) is 0 Å². The van der Waals surface area contributed by atoms with Gasteiger partial charge in [0.2, 0.25) is 0 Å². The van der Waals surface area contributed by atoms with E-state index in [-0.39, 0.29) is 32.6 Å². The number of anilines is 2. The third kappa shape index (κ3) is 4.89. The van der Waals surface area contributed by atoms with E-state index in [2.05, 4.69) is 20.4 Å². The lowest BCUT2D eigenvalue weighted by Crippen LogP contribution is -2.20. The average molecular weight is 577 g/mol. The molecular formula is C26H27ClF2N6O3S. The van der Waals surface area contributed by atoms with Gasteiger partial charge < -0.3 is 10.1 Å². The maximum absolute atomic E-state index is 14.1. The van der Waals surface area contributed by atoms with Crippen molar-refractivity contribution in [3.05, 3.63) is 47.1 Å². The Morgan fingerprint density at radius 3 is 2.59 bits per heavy atom. The number of hydrogen-bond donors (Lipinski definition) is 1. The van der Waals surface area contributed by atoms with Crippen molar-refractivity contribution in [2.75, 3.05) is 18.2 Å². The number of alkyl halides is 2. The molecule has 1 aliphatic heterocycles. The molecule has 39 heavy (non-hydrogen) atoms. The molecule has 0 spiro atoms. The van der Waals surface area contributed by atoms with Crippen LogP contribution in [0.3, 0.4) is 0 Å². The fourth-order valence-corrected chi connectivity index (χ4v) is 6.20. The van der Waals surface area contributed by atoms with Gasteiger partial charge in [-0.2, -0.15) is 5.10 Å². The summed E-state index contributed by atoms with van der Waals surface area (Å²) in [6.07, 6.45) is 3.73. The van der Waals surface area contributed by atoms with Crippen molar-refractivity contribution in [2.45, 2.75) is 62.6 Å². The molecule has 0 radical (unpaired) electrons. The molecule has 1 aromatic carbocycles. The molecule has 1 aliphatic carbocycles. The molecule has 9 nitrogen and oxygen atoms in total. The van der Waals surface area contributed by atoms with Crippen molar-refractivity contribution >= 4 is 44.0 Å². The van der Waals surface area contributed by atoms with Gasteiger partial charge in [-0.15, -0.1) is 0 Å². The van der Waals surface area contributed by atoms with Crippen molar-refractivity contribution < 1.29 is 21.9 Å². The zero-order chi connectivity index (χ0) is 27.5. The highest BCUT2D eigenvalue weighted by molar-refractivity contribution is 7.90. The van der Waals surface area contributed by atoms with Crippen LogP contribution in [-0.4, -0.2) is 45.6 Å². The molecule has 0 amide bonds. The molecule has 4 heterocycles. The normalized spacial score (nSPS) is 18.3. The number of imidazole rings is 1. The fraction of sp³-hybridized carbons (Fsp3) is 0.423. The van der Waals surface area contributed by atoms with Crippen LogP contribution in [0.4, 0.5) is 20.2 Å². The van der Waals surface area contributed by atoms with Gasteiger partial charge in [-0.25, -0.2) is 27.2 Å². The smallest absolute Gasteiger partial charge is 0.295 e. The van der Waals surface area contributed by atoms with Crippen LogP contribution in [0.25, 0.3) is 22.3 Å². The summed E-state index contributed by atoms with van der Waals surface area (Å²) in [5, 5.41) is 7.62. The van der Waals surface area contributed by atoms with Crippen molar-refractivity contribution in [3.8, 4) is 11.1 Å². The quantitative estimate of drug-likeness (QED) is 0.255. The van der Waals surface area contributed by atoms with E-state index in [0.29, 0.717) is 24.6 Å². The second-order valence-corrected chi connectivity index (χ2v) is 12.4. The lowest BCUT2D eigenvalue weighted by Gasteiger charge is -2.25. The minimum Gasteiger partial charge on any atom is -0.358 e. The summed E-state index contributed by atoms with van der Waals surface area (Å²) < 4.78 is 63.0. The second kappa shape index (κ2) is 9.83. The monoisotopic (exact) mass is 576 g/mol. The first-order chi connectivity index (χ1) is 18.6. The largest absolute Gasteiger partial charge is 0.358 e. The van der Waals surface area contributed by atoms with Gasteiger partial charge in [-0.3, -0.25) is 9.25 Å². The number of fused-ring (bicyclic) bond motifs is 1. The van der Waals surface area contributed by atoms with Gasteiger partial charge in [-0.1, -0.05) is 17.7 Å². The Labute approximate surface area is 229 Å². The number of benzene rings is 1. The number of nitrogens with zero attached hydrogens (tertiary/aromatic N) is 5. The standard InChI is InChI=1S/C26H27ClF2N6O3S/c1-14-17(13-30-35(14)16-7-8-16)15-6-9-18(20(11-15)39(2,36)37)31-19-12-21(27)32-25-23(19)33-26(24(28)29)34(25)22-5-3-4-10-38-22/h6,9,11-13,16,22,24H,3-5,7-8,10H2,1-2H3,(H,31,32). The van der Waals surface area contributed by atoms with E-state index >= 15 is 0 Å². The number of pyridine rings is 1. The van der Waals surface area contributed by atoms with Crippen molar-refractivity contribution in [3.63, 3.8) is 0 Å². The summed E-state index contributed by atoms with van der Waals surface area (Å²) in [7, 11) is -3.69. The molecule has 4 aromatic rings. The Kier molecular flexibility index (Phi) is 6.59. The predicted octanol–water partition coefficient (Wildman–Crippen LogP) is 6.38. The molecule has 3 aromatic heterocycles. The number of ether oxygens (including phenoxy) is 1. The molecule has 13 heteroatoms. The molecule has 6 rings (SSSR count). The Morgan fingerprint density at radius 1 is 1.13 bits per heavy atom. The molecule has 2 aliphatic rings. The van der Waals surface area contributed by atoms with E-state index in [1.807, 2.05) is 11.6 Å². The maximum Gasteiger partial charge on any atom is 0.295 e. The Hall–Kier alpha value is -3.09. The van der Waals surface area contributed by atoms with Gasteiger partial charge >= 0.3 is 0 Å². The van der Waals surface area contributed by atoms with Crippen LogP contribution in [0.15, 0.2) is 35.4 Å². The van der Waals surface area contributed by atoms with E-state index in [1.54, 1.807) is 24.4 Å². The number of halogens is 3. The zero-order valence-corrected chi connectivity index (χ0v) is 22.9. The van der Waals surface area contributed by atoms with Crippen molar-refractivity contribution in [1.82, 2.24) is 24.3 Å². The first-order valence-electron chi connectivity index (χ1n) is 12.8. The van der Waals surface area contributed by atoms with E-state index in [1.165, 1.54) is 10.6 Å². The van der Waals surface area contributed by atoms with Crippen LogP contribution in [0.2, 0.25) is 5.15 Å². The van der Waals surface area contributed by atoms with Crippen LogP contribution >= 0.6 is 11.6 Å². The summed E-state index contributed by atoms with van der Waals surface area (Å²) >= 11 is 6.33. The minimum atomic E-state index is -3.69. The second-order valence-electron chi connectivity index (χ2n) is 10.1. The molecule has 0 bridgehead atoms. The molecule has 1 unspecified atom stereocenters. The summed E-state index contributed by atoms with van der Waals surface area (Å²) in [6, 6.07) is 6.89. The van der Waals surface area contributed by atoms with E-state index in [4.69, 9.17) is 16.3 Å². The number of hydrogen-bond acceptors (Lipinski definition) is 7. The van der Waals surface area contributed by atoms with Gasteiger partial charge in [0, 0.05) is 30.2 Å². The van der Waals surface area contributed by atoms with Gasteiger partial charge in [0.05, 0.1) is 28.5 Å². The van der Waals surface area contributed by atoms with Gasteiger partial charge in [0.1, 0.15) is 16.9 Å².